The smallest absolute Gasteiger partial charge is 0.237 e. The van der Waals surface area contributed by atoms with Crippen LogP contribution in [0.2, 0.25) is 0 Å². The number of hydrogen-bond acceptors (Lipinski definition) is 5. The van der Waals surface area contributed by atoms with Crippen LogP contribution in [0.1, 0.15) is 13.8 Å². The summed E-state index contributed by atoms with van der Waals surface area (Å²) in [4.78, 5) is 12.6. The molecule has 6 nitrogen and oxygen atoms in total. The van der Waals surface area contributed by atoms with E-state index in [1.54, 1.807) is 0 Å². The van der Waals surface area contributed by atoms with Crippen molar-refractivity contribution in [2.45, 2.75) is 24.3 Å². The molecule has 0 saturated carbocycles. The lowest BCUT2D eigenvalue weighted by molar-refractivity contribution is -0.115. The molecule has 0 aliphatic heterocycles. The molecule has 0 radical (unpaired) electrons. The first-order valence-electron chi connectivity index (χ1n) is 9.09. The summed E-state index contributed by atoms with van der Waals surface area (Å²) in [6.07, 6.45) is 0. The van der Waals surface area contributed by atoms with Crippen LogP contribution in [-0.2, 0) is 4.79 Å². The SMILES string of the molecule is CCOc1ccc(NC(=O)[C@H](C)Sc2nnc3ccc4ccccc4n23)cc1. The lowest BCUT2D eigenvalue weighted by Gasteiger charge is -2.12. The lowest BCUT2D eigenvalue weighted by atomic mass is 10.2. The van der Waals surface area contributed by atoms with Gasteiger partial charge in [-0.1, -0.05) is 30.0 Å². The summed E-state index contributed by atoms with van der Waals surface area (Å²) >= 11 is 1.39. The minimum Gasteiger partial charge on any atom is -0.494 e. The normalized spacial score (nSPS) is 12.2. The van der Waals surface area contributed by atoms with Gasteiger partial charge in [-0.2, -0.15) is 0 Å². The number of nitrogens with one attached hydrogen (secondary N) is 1. The lowest BCUT2D eigenvalue weighted by Crippen LogP contribution is -2.22. The standard InChI is InChI=1S/C21H20N4O2S/c1-3-27-17-11-9-16(10-12-17)22-20(26)14(2)28-21-24-23-19-13-8-15-6-4-5-7-18(15)25(19)21/h4-14H,3H2,1-2H3,(H,22,26)/t14-/m0/s1. The van der Waals surface area contributed by atoms with Gasteiger partial charge in [0.2, 0.25) is 5.91 Å². The maximum atomic E-state index is 12.6. The van der Waals surface area contributed by atoms with E-state index in [4.69, 9.17) is 4.74 Å². The Hall–Kier alpha value is -3.06. The molecule has 0 unspecified atom stereocenters. The number of carbonyl (C=O) groups excluding carboxylic acids is 1. The highest BCUT2D eigenvalue weighted by atomic mass is 32.2. The number of benzene rings is 2. The number of aromatic nitrogens is 3. The van der Waals surface area contributed by atoms with Crippen molar-refractivity contribution in [2.24, 2.45) is 0 Å². The van der Waals surface area contributed by atoms with Crippen LogP contribution in [0.15, 0.2) is 65.8 Å². The monoisotopic (exact) mass is 392 g/mol. The molecule has 2 aromatic carbocycles. The van der Waals surface area contributed by atoms with Crippen LogP contribution < -0.4 is 10.1 Å². The van der Waals surface area contributed by atoms with E-state index in [2.05, 4.69) is 15.5 Å². The number of anilines is 1. The highest BCUT2D eigenvalue weighted by Gasteiger charge is 2.19. The van der Waals surface area contributed by atoms with E-state index >= 15 is 0 Å². The van der Waals surface area contributed by atoms with Crippen LogP contribution in [0.25, 0.3) is 16.6 Å². The molecule has 7 heteroatoms. The second-order valence-electron chi connectivity index (χ2n) is 6.28. The molecule has 4 rings (SSSR count). The Morgan fingerprint density at radius 3 is 2.68 bits per heavy atom. The van der Waals surface area contributed by atoms with Crippen molar-refractivity contribution in [3.8, 4) is 5.75 Å². The average Bonchev–Trinajstić information content (AvgIpc) is 3.13. The molecule has 142 valence electrons. The molecule has 2 heterocycles. The van der Waals surface area contributed by atoms with Crippen LogP contribution in [0.4, 0.5) is 5.69 Å². The van der Waals surface area contributed by atoms with E-state index in [-0.39, 0.29) is 11.2 Å². The average molecular weight is 392 g/mol. The van der Waals surface area contributed by atoms with Crippen molar-refractivity contribution in [3.05, 3.63) is 60.7 Å². The quantitative estimate of drug-likeness (QED) is 0.493. The fourth-order valence-corrected chi connectivity index (χ4v) is 3.81. The first-order chi connectivity index (χ1) is 13.7. The van der Waals surface area contributed by atoms with Gasteiger partial charge in [0, 0.05) is 5.69 Å². The summed E-state index contributed by atoms with van der Waals surface area (Å²) in [5, 5.41) is 12.9. The molecular weight excluding hydrogens is 372 g/mol. The molecule has 0 bridgehead atoms. The van der Waals surface area contributed by atoms with Crippen molar-refractivity contribution >= 4 is 39.9 Å². The van der Waals surface area contributed by atoms with Crippen molar-refractivity contribution in [2.75, 3.05) is 11.9 Å². The van der Waals surface area contributed by atoms with Crippen LogP contribution in [0.5, 0.6) is 5.75 Å². The van der Waals surface area contributed by atoms with E-state index in [9.17, 15) is 4.79 Å². The Kier molecular flexibility index (Phi) is 5.16. The van der Waals surface area contributed by atoms with Crippen molar-refractivity contribution in [3.63, 3.8) is 0 Å². The van der Waals surface area contributed by atoms with E-state index < -0.39 is 0 Å². The molecule has 4 aromatic rings. The maximum Gasteiger partial charge on any atom is 0.237 e. The second kappa shape index (κ2) is 7.90. The van der Waals surface area contributed by atoms with Gasteiger partial charge in [0.1, 0.15) is 5.75 Å². The molecule has 0 saturated heterocycles. The number of pyridine rings is 1. The summed E-state index contributed by atoms with van der Waals surface area (Å²) in [6, 6.07) is 19.4. The van der Waals surface area contributed by atoms with Gasteiger partial charge in [-0.3, -0.25) is 9.20 Å². The van der Waals surface area contributed by atoms with E-state index in [0.29, 0.717) is 11.8 Å². The summed E-state index contributed by atoms with van der Waals surface area (Å²) < 4.78 is 7.41. The molecule has 0 fully saturated rings. The number of thioether (sulfide) groups is 1. The molecule has 28 heavy (non-hydrogen) atoms. The van der Waals surface area contributed by atoms with Crippen LogP contribution >= 0.6 is 11.8 Å². The Balaban J connectivity index is 1.52. The molecule has 1 atom stereocenters. The van der Waals surface area contributed by atoms with Gasteiger partial charge in [0.25, 0.3) is 0 Å². The minimum absolute atomic E-state index is 0.0915. The third-order valence-electron chi connectivity index (χ3n) is 4.33. The molecule has 0 aliphatic rings. The topological polar surface area (TPSA) is 68.5 Å². The fourth-order valence-electron chi connectivity index (χ4n) is 2.95. The summed E-state index contributed by atoms with van der Waals surface area (Å²) in [6.45, 7) is 4.41. The minimum atomic E-state index is -0.335. The zero-order valence-electron chi connectivity index (χ0n) is 15.6. The van der Waals surface area contributed by atoms with Crippen LogP contribution in [0, 0.1) is 0 Å². The number of carbonyl (C=O) groups is 1. The van der Waals surface area contributed by atoms with Crippen LogP contribution in [0.3, 0.4) is 0 Å². The molecule has 2 aromatic heterocycles. The molecule has 1 amide bonds. The number of nitrogens with zero attached hydrogens (tertiary/aromatic N) is 3. The fraction of sp³-hybridized carbons (Fsp3) is 0.190. The van der Waals surface area contributed by atoms with Crippen molar-refractivity contribution in [1.82, 2.24) is 14.6 Å². The summed E-state index contributed by atoms with van der Waals surface area (Å²) in [5.41, 5.74) is 2.52. The number of rotatable bonds is 6. The summed E-state index contributed by atoms with van der Waals surface area (Å²) in [5.74, 6) is 0.691. The number of ether oxygens (including phenoxy) is 1. The van der Waals surface area contributed by atoms with Gasteiger partial charge >= 0.3 is 0 Å². The van der Waals surface area contributed by atoms with Gasteiger partial charge in [0.05, 0.1) is 17.4 Å². The van der Waals surface area contributed by atoms with Gasteiger partial charge in [-0.25, -0.2) is 0 Å². The molecule has 0 aliphatic carbocycles. The Morgan fingerprint density at radius 2 is 1.89 bits per heavy atom. The second-order valence-corrected chi connectivity index (χ2v) is 7.58. The first kappa shape index (κ1) is 18.3. The highest BCUT2D eigenvalue weighted by Crippen LogP contribution is 2.27. The molecular formula is C21H20N4O2S. The third kappa shape index (κ3) is 3.66. The molecule has 0 spiro atoms. The van der Waals surface area contributed by atoms with E-state index in [1.807, 2.05) is 78.9 Å². The van der Waals surface area contributed by atoms with Gasteiger partial charge in [0.15, 0.2) is 10.8 Å². The maximum absolute atomic E-state index is 12.6. The zero-order valence-corrected chi connectivity index (χ0v) is 16.4. The predicted molar refractivity (Wildman–Crippen MR) is 112 cm³/mol. The van der Waals surface area contributed by atoms with Gasteiger partial charge < -0.3 is 10.1 Å². The molecule has 1 N–H and O–H groups in total. The Bertz CT molecular complexity index is 1120. The van der Waals surface area contributed by atoms with E-state index in [0.717, 1.165) is 28.0 Å². The van der Waals surface area contributed by atoms with Crippen molar-refractivity contribution < 1.29 is 9.53 Å². The third-order valence-corrected chi connectivity index (χ3v) is 5.37. The summed E-state index contributed by atoms with van der Waals surface area (Å²) in [7, 11) is 0. The van der Waals surface area contributed by atoms with E-state index in [1.165, 1.54) is 11.8 Å². The highest BCUT2D eigenvalue weighted by molar-refractivity contribution is 8.00. The van der Waals surface area contributed by atoms with Gasteiger partial charge in [-0.15, -0.1) is 10.2 Å². The van der Waals surface area contributed by atoms with Crippen LogP contribution in [-0.4, -0.2) is 32.4 Å². The first-order valence-corrected chi connectivity index (χ1v) is 9.97. The number of para-hydroxylation sites is 1. The number of hydrogen-bond donors (Lipinski definition) is 1. The predicted octanol–water partition coefficient (Wildman–Crippen LogP) is 4.40. The largest absolute Gasteiger partial charge is 0.494 e. The Morgan fingerprint density at radius 1 is 1.11 bits per heavy atom. The number of amides is 1. The Labute approximate surface area is 166 Å². The van der Waals surface area contributed by atoms with Gasteiger partial charge in [-0.05, 0) is 61.7 Å². The zero-order chi connectivity index (χ0) is 19.5. The van der Waals surface area contributed by atoms with Crippen molar-refractivity contribution in [1.29, 1.82) is 0 Å². The number of fused-ring (bicyclic) bond motifs is 3.